The van der Waals surface area contributed by atoms with Crippen LogP contribution in [0.3, 0.4) is 0 Å². The summed E-state index contributed by atoms with van der Waals surface area (Å²) in [6, 6.07) is 8.40. The van der Waals surface area contributed by atoms with Gasteiger partial charge in [0.1, 0.15) is 0 Å². The van der Waals surface area contributed by atoms with Gasteiger partial charge in [-0.1, -0.05) is 12.1 Å². The van der Waals surface area contributed by atoms with Gasteiger partial charge >= 0.3 is 5.97 Å². The van der Waals surface area contributed by atoms with Crippen molar-refractivity contribution in [3.63, 3.8) is 0 Å². The molecule has 0 amide bonds. The monoisotopic (exact) mass is 319 g/mol. The Morgan fingerprint density at radius 1 is 1.47 bits per heavy atom. The molecule has 4 heteroatoms. The van der Waals surface area contributed by atoms with E-state index >= 15 is 0 Å². The van der Waals surface area contributed by atoms with Gasteiger partial charge < -0.3 is 10.4 Å². The van der Waals surface area contributed by atoms with Crippen LogP contribution in [0.5, 0.6) is 0 Å². The van der Waals surface area contributed by atoms with Crippen molar-refractivity contribution < 1.29 is 9.90 Å². The summed E-state index contributed by atoms with van der Waals surface area (Å²) >= 11 is 2.26. The highest BCUT2D eigenvalue weighted by molar-refractivity contribution is 14.1. The molecule has 0 aliphatic rings. The average Bonchev–Trinajstić information content (AvgIpc) is 2.18. The van der Waals surface area contributed by atoms with Crippen molar-refractivity contribution in [3.8, 4) is 0 Å². The van der Waals surface area contributed by atoms with Gasteiger partial charge in [0.05, 0.1) is 6.42 Å². The summed E-state index contributed by atoms with van der Waals surface area (Å²) in [7, 11) is 0. The zero-order chi connectivity index (χ0) is 11.3. The lowest BCUT2D eigenvalue weighted by atomic mass is 10.1. The van der Waals surface area contributed by atoms with Crippen molar-refractivity contribution in [2.75, 3.05) is 6.54 Å². The summed E-state index contributed by atoms with van der Waals surface area (Å²) in [5, 5.41) is 11.7. The smallest absolute Gasteiger partial charge is 0.304 e. The van der Waals surface area contributed by atoms with Crippen LogP contribution in [-0.4, -0.2) is 17.6 Å². The molecule has 1 atom stereocenters. The number of halogens is 1. The maximum absolute atomic E-state index is 10.3. The molecule has 2 N–H and O–H groups in total. The van der Waals surface area contributed by atoms with Gasteiger partial charge in [0.15, 0.2) is 0 Å². The molecule has 82 valence electrons. The lowest BCUT2D eigenvalue weighted by Crippen LogP contribution is -2.21. The van der Waals surface area contributed by atoms with Crippen molar-refractivity contribution in [1.29, 1.82) is 0 Å². The minimum Gasteiger partial charge on any atom is -0.481 e. The Hall–Kier alpha value is -0.620. The van der Waals surface area contributed by atoms with Crippen LogP contribution >= 0.6 is 22.6 Å². The minimum absolute atomic E-state index is 0.161. The summed E-state index contributed by atoms with van der Waals surface area (Å²) in [6.45, 7) is 2.53. The fourth-order valence-corrected chi connectivity index (χ4v) is 1.62. The first-order valence-corrected chi connectivity index (χ1v) is 5.88. The Labute approximate surface area is 103 Å². The molecule has 1 rings (SSSR count). The highest BCUT2D eigenvalue weighted by Gasteiger charge is 2.04. The first-order valence-electron chi connectivity index (χ1n) is 4.80. The summed E-state index contributed by atoms with van der Waals surface area (Å²) in [5.74, 6) is -0.766. The van der Waals surface area contributed by atoms with E-state index in [2.05, 4.69) is 40.0 Å². The zero-order valence-corrected chi connectivity index (χ0v) is 10.7. The first-order chi connectivity index (χ1) is 7.09. The molecule has 3 nitrogen and oxygen atoms in total. The van der Waals surface area contributed by atoms with Crippen molar-refractivity contribution in [1.82, 2.24) is 5.32 Å². The maximum Gasteiger partial charge on any atom is 0.304 e. The van der Waals surface area contributed by atoms with Crippen LogP contribution in [0.1, 0.15) is 24.9 Å². The quantitative estimate of drug-likeness (QED) is 0.820. The van der Waals surface area contributed by atoms with E-state index in [0.717, 1.165) is 0 Å². The van der Waals surface area contributed by atoms with Crippen LogP contribution in [0.4, 0.5) is 0 Å². The van der Waals surface area contributed by atoms with Gasteiger partial charge in [-0.3, -0.25) is 4.79 Å². The van der Waals surface area contributed by atoms with Crippen LogP contribution in [0.2, 0.25) is 0 Å². The normalized spacial score (nSPS) is 12.4. The second-order valence-electron chi connectivity index (χ2n) is 3.37. The van der Waals surface area contributed by atoms with Gasteiger partial charge in [-0.05, 0) is 47.2 Å². The number of aliphatic carboxylic acids is 1. The van der Waals surface area contributed by atoms with E-state index in [-0.39, 0.29) is 12.5 Å². The van der Waals surface area contributed by atoms with Gasteiger partial charge in [0.2, 0.25) is 0 Å². The molecule has 1 aromatic carbocycles. The molecule has 0 fully saturated rings. The molecule has 0 saturated carbocycles. The predicted octanol–water partition coefficient (Wildman–Crippen LogP) is 2.42. The van der Waals surface area contributed by atoms with E-state index in [1.54, 1.807) is 0 Å². The Balaban J connectivity index is 2.43. The Kier molecular flexibility index (Phi) is 5.04. The van der Waals surface area contributed by atoms with Gasteiger partial charge in [-0.2, -0.15) is 0 Å². The van der Waals surface area contributed by atoms with Crippen LogP contribution in [0.25, 0.3) is 0 Å². The second-order valence-corrected chi connectivity index (χ2v) is 4.62. The second kappa shape index (κ2) is 6.07. The van der Waals surface area contributed by atoms with Crippen LogP contribution in [0, 0.1) is 3.57 Å². The third kappa shape index (κ3) is 4.61. The molecule has 0 aromatic heterocycles. The van der Waals surface area contributed by atoms with Gasteiger partial charge in [-0.25, -0.2) is 0 Å². The Morgan fingerprint density at radius 2 is 2.07 bits per heavy atom. The molecular formula is C11H14INO2. The highest BCUT2D eigenvalue weighted by Crippen LogP contribution is 2.14. The molecule has 1 aromatic rings. The van der Waals surface area contributed by atoms with E-state index in [1.165, 1.54) is 9.13 Å². The van der Waals surface area contributed by atoms with Crippen molar-refractivity contribution in [2.45, 2.75) is 19.4 Å². The number of carboxylic acids is 1. The summed E-state index contributed by atoms with van der Waals surface area (Å²) in [5.41, 5.74) is 1.18. The number of nitrogens with one attached hydrogen (secondary N) is 1. The van der Waals surface area contributed by atoms with Gasteiger partial charge in [0.25, 0.3) is 0 Å². The van der Waals surface area contributed by atoms with Crippen LogP contribution < -0.4 is 5.32 Å². The maximum atomic E-state index is 10.3. The molecule has 0 heterocycles. The van der Waals surface area contributed by atoms with Crippen molar-refractivity contribution in [3.05, 3.63) is 33.4 Å². The number of benzene rings is 1. The highest BCUT2D eigenvalue weighted by atomic mass is 127. The summed E-state index contributed by atoms with van der Waals surface area (Å²) in [6.07, 6.45) is 0.161. The van der Waals surface area contributed by atoms with E-state index in [1.807, 2.05) is 19.1 Å². The predicted molar refractivity (Wildman–Crippen MR) is 67.8 cm³/mol. The molecule has 0 aliphatic carbocycles. The van der Waals surface area contributed by atoms with Crippen molar-refractivity contribution >= 4 is 28.6 Å². The van der Waals surface area contributed by atoms with E-state index in [0.29, 0.717) is 6.54 Å². The molecule has 0 aliphatic heterocycles. The lowest BCUT2D eigenvalue weighted by Gasteiger charge is -2.13. The Bertz CT molecular complexity index is 324. The third-order valence-corrected chi connectivity index (χ3v) is 2.88. The minimum atomic E-state index is -0.766. The molecular weight excluding hydrogens is 305 g/mol. The molecule has 0 bridgehead atoms. The first kappa shape index (κ1) is 12.4. The van der Waals surface area contributed by atoms with E-state index in [4.69, 9.17) is 5.11 Å². The summed E-state index contributed by atoms with van der Waals surface area (Å²) in [4.78, 5) is 10.3. The van der Waals surface area contributed by atoms with E-state index < -0.39 is 5.97 Å². The fourth-order valence-electron chi connectivity index (χ4n) is 1.26. The number of hydrogen-bond donors (Lipinski definition) is 2. The zero-order valence-electron chi connectivity index (χ0n) is 8.53. The van der Waals surface area contributed by atoms with Crippen LogP contribution in [-0.2, 0) is 4.79 Å². The Morgan fingerprint density at radius 3 is 2.60 bits per heavy atom. The molecule has 0 spiro atoms. The molecule has 15 heavy (non-hydrogen) atoms. The fraction of sp³-hybridized carbons (Fsp3) is 0.364. The SMILES string of the molecule is CC(NCCC(=O)O)c1ccc(I)cc1. The number of carboxylic acid groups (broad SMARTS) is 1. The molecule has 0 radical (unpaired) electrons. The number of rotatable bonds is 5. The van der Waals surface area contributed by atoms with Gasteiger partial charge in [-0.15, -0.1) is 0 Å². The molecule has 1 unspecified atom stereocenters. The lowest BCUT2D eigenvalue weighted by molar-refractivity contribution is -0.136. The summed E-state index contributed by atoms with van der Waals surface area (Å²) < 4.78 is 1.20. The molecule has 0 saturated heterocycles. The standard InChI is InChI=1S/C11H14INO2/c1-8(13-7-6-11(14)15)9-2-4-10(12)5-3-9/h2-5,8,13H,6-7H2,1H3,(H,14,15). The van der Waals surface area contributed by atoms with Crippen LogP contribution in [0.15, 0.2) is 24.3 Å². The average molecular weight is 319 g/mol. The van der Waals surface area contributed by atoms with E-state index in [9.17, 15) is 4.79 Å². The van der Waals surface area contributed by atoms with Gasteiger partial charge in [0, 0.05) is 16.2 Å². The third-order valence-electron chi connectivity index (χ3n) is 2.16. The number of carbonyl (C=O) groups is 1. The largest absolute Gasteiger partial charge is 0.481 e. The topological polar surface area (TPSA) is 49.3 Å². The number of hydrogen-bond acceptors (Lipinski definition) is 2. The van der Waals surface area contributed by atoms with Crippen molar-refractivity contribution in [2.24, 2.45) is 0 Å².